The molecule has 0 aliphatic heterocycles. The number of carbonyl (C=O) groups excluding carboxylic acids is 2. The van der Waals surface area contributed by atoms with Gasteiger partial charge in [-0.1, -0.05) is 171 Å². The number of hydrogen-bond acceptors (Lipinski definition) is 6. The lowest BCUT2D eigenvalue weighted by atomic mass is 10.1. The third kappa shape index (κ3) is 42.1. The van der Waals surface area contributed by atoms with E-state index in [1.54, 1.807) is 0 Å². The maximum atomic E-state index is 12.8. The summed E-state index contributed by atoms with van der Waals surface area (Å²) in [7, 11) is 5.53. The number of quaternary nitrogens is 1. The van der Waals surface area contributed by atoms with E-state index in [9.17, 15) is 19.5 Å². The zero-order chi connectivity index (χ0) is 44.9. The average Bonchev–Trinajstić information content (AvgIpc) is 3.22. The second kappa shape index (κ2) is 43.7. The molecule has 0 spiro atoms. The first-order valence-corrected chi connectivity index (χ1v) is 24.8. The van der Waals surface area contributed by atoms with Gasteiger partial charge in [-0.25, -0.2) is 4.79 Å². The Morgan fingerprint density at radius 1 is 0.508 bits per heavy atom. The molecule has 0 saturated heterocycles. The van der Waals surface area contributed by atoms with Crippen molar-refractivity contribution in [2.75, 3.05) is 41.0 Å². The Morgan fingerprint density at radius 2 is 0.918 bits per heavy atom. The molecule has 8 heteroatoms. The Hall–Kier alpha value is -2.97. The summed E-state index contributed by atoms with van der Waals surface area (Å²) in [6.07, 6.45) is 54.0. The Kier molecular flexibility index (Phi) is 41.5. The van der Waals surface area contributed by atoms with Crippen LogP contribution in [0.2, 0.25) is 0 Å². The molecule has 0 aromatic carbocycles. The fraction of sp³-hybridized carbons (Fsp3) is 0.755. The molecule has 0 radical (unpaired) electrons. The van der Waals surface area contributed by atoms with Crippen LogP contribution in [0.4, 0.5) is 0 Å². The minimum absolute atomic E-state index is 0.0546. The fourth-order valence-electron chi connectivity index (χ4n) is 7.08. The van der Waals surface area contributed by atoms with E-state index in [4.69, 9.17) is 14.2 Å². The molecule has 0 amide bonds. The second-order valence-corrected chi connectivity index (χ2v) is 17.7. The van der Waals surface area contributed by atoms with Gasteiger partial charge >= 0.3 is 17.9 Å². The SMILES string of the molecule is CC/C=C/C/C=C/C/C=C/C/C=C/CCCCCCCCCC(=O)OCC(COCCC(C(=O)O)[N+](C)(C)C)OC(=O)CCCCCCCCC/C=C/CCCCCCCC. The molecule has 8 nitrogen and oxygen atoms in total. The molecule has 0 fully saturated rings. The van der Waals surface area contributed by atoms with Gasteiger partial charge in [0, 0.05) is 19.3 Å². The number of ether oxygens (including phenoxy) is 3. The van der Waals surface area contributed by atoms with Gasteiger partial charge in [-0.05, 0) is 77.0 Å². The Balaban J connectivity index is 4.29. The van der Waals surface area contributed by atoms with E-state index in [0.29, 0.717) is 19.3 Å². The van der Waals surface area contributed by atoms with Gasteiger partial charge in [-0.3, -0.25) is 9.59 Å². The molecule has 0 saturated carbocycles. The number of aliphatic carboxylic acids is 1. The molecule has 0 aliphatic rings. The van der Waals surface area contributed by atoms with E-state index in [2.05, 4.69) is 74.6 Å². The molecule has 0 aromatic rings. The summed E-state index contributed by atoms with van der Waals surface area (Å²) in [5.74, 6) is -1.48. The molecular weight excluding hydrogens is 763 g/mol. The van der Waals surface area contributed by atoms with Crippen LogP contribution < -0.4 is 0 Å². The molecular formula is C53H94NO7+. The van der Waals surface area contributed by atoms with Crippen LogP contribution in [0.1, 0.15) is 206 Å². The molecule has 0 aromatic heterocycles. The van der Waals surface area contributed by atoms with Gasteiger partial charge in [0.15, 0.2) is 12.1 Å². The molecule has 2 atom stereocenters. The monoisotopic (exact) mass is 857 g/mol. The summed E-state index contributed by atoms with van der Waals surface area (Å²) in [5, 5.41) is 9.65. The van der Waals surface area contributed by atoms with Crippen LogP contribution in [0.25, 0.3) is 0 Å². The van der Waals surface area contributed by atoms with Crippen molar-refractivity contribution in [3.05, 3.63) is 60.8 Å². The van der Waals surface area contributed by atoms with Gasteiger partial charge in [0.1, 0.15) is 6.61 Å². The van der Waals surface area contributed by atoms with E-state index in [-0.39, 0.29) is 36.2 Å². The zero-order valence-corrected chi connectivity index (χ0v) is 40.1. The normalized spacial score (nSPS) is 13.4. The highest BCUT2D eigenvalue weighted by molar-refractivity contribution is 5.72. The van der Waals surface area contributed by atoms with Crippen molar-refractivity contribution in [3.63, 3.8) is 0 Å². The Labute approximate surface area is 375 Å². The Morgan fingerprint density at radius 3 is 1.38 bits per heavy atom. The van der Waals surface area contributed by atoms with E-state index in [0.717, 1.165) is 70.6 Å². The van der Waals surface area contributed by atoms with Crippen LogP contribution in [0.3, 0.4) is 0 Å². The fourth-order valence-corrected chi connectivity index (χ4v) is 7.08. The number of esters is 2. The summed E-state index contributed by atoms with van der Waals surface area (Å²) in [6.45, 7) is 4.61. The van der Waals surface area contributed by atoms with Crippen molar-refractivity contribution in [2.45, 2.75) is 219 Å². The number of nitrogens with zero attached hydrogens (tertiary/aromatic N) is 1. The number of likely N-dealkylation sites (N-methyl/N-ethyl adjacent to an activating group) is 1. The molecule has 2 unspecified atom stereocenters. The molecule has 0 bridgehead atoms. The standard InChI is InChI=1S/C53H93NO7/c1-6-8-10-12-14-16-18-20-22-24-25-26-28-29-31-33-35-37-39-41-43-51(55)60-48-49(47-59-46-45-50(53(57)58)54(3,4)5)61-52(56)44-42-40-38-36-34-32-30-27-23-21-19-17-15-13-11-9-7-2/h8,10,14,16,20-23,25-26,49-50H,6-7,9,11-13,15,17-19,24,27-48H2,1-5H3/p+1/b10-8+,16-14+,22-20+,23-21+,26-25+. The topological polar surface area (TPSA) is 99.1 Å². The summed E-state index contributed by atoms with van der Waals surface area (Å²) in [6, 6.07) is -0.619. The van der Waals surface area contributed by atoms with Crippen molar-refractivity contribution < 1.29 is 38.2 Å². The Bertz CT molecular complexity index is 1180. The molecule has 352 valence electrons. The molecule has 0 aliphatic carbocycles. The van der Waals surface area contributed by atoms with Crippen molar-refractivity contribution in [3.8, 4) is 0 Å². The highest BCUT2D eigenvalue weighted by Crippen LogP contribution is 2.14. The first-order chi connectivity index (χ1) is 29.6. The summed E-state index contributed by atoms with van der Waals surface area (Å²) < 4.78 is 17.3. The number of carboxylic acid groups (broad SMARTS) is 1. The first kappa shape index (κ1) is 58.0. The zero-order valence-electron chi connectivity index (χ0n) is 40.1. The molecule has 1 N–H and O–H groups in total. The van der Waals surface area contributed by atoms with Gasteiger partial charge in [-0.2, -0.15) is 0 Å². The minimum atomic E-state index is -0.878. The number of rotatable bonds is 44. The van der Waals surface area contributed by atoms with Gasteiger partial charge < -0.3 is 23.8 Å². The van der Waals surface area contributed by atoms with Crippen LogP contribution in [0.5, 0.6) is 0 Å². The van der Waals surface area contributed by atoms with Crippen LogP contribution in [0, 0.1) is 0 Å². The quantitative estimate of drug-likeness (QED) is 0.0282. The van der Waals surface area contributed by atoms with Crippen LogP contribution in [0.15, 0.2) is 60.8 Å². The van der Waals surface area contributed by atoms with Crippen LogP contribution in [-0.2, 0) is 28.6 Å². The van der Waals surface area contributed by atoms with Crippen LogP contribution >= 0.6 is 0 Å². The van der Waals surface area contributed by atoms with Gasteiger partial charge in [0.25, 0.3) is 0 Å². The predicted molar refractivity (Wildman–Crippen MR) is 257 cm³/mol. The molecule has 0 rings (SSSR count). The minimum Gasteiger partial charge on any atom is -0.477 e. The number of hydrogen-bond donors (Lipinski definition) is 1. The van der Waals surface area contributed by atoms with Gasteiger partial charge in [-0.15, -0.1) is 0 Å². The van der Waals surface area contributed by atoms with E-state index < -0.39 is 18.1 Å². The smallest absolute Gasteiger partial charge is 0.362 e. The van der Waals surface area contributed by atoms with Crippen molar-refractivity contribution in [1.29, 1.82) is 0 Å². The van der Waals surface area contributed by atoms with Gasteiger partial charge in [0.05, 0.1) is 34.4 Å². The molecule has 0 heterocycles. The van der Waals surface area contributed by atoms with Crippen molar-refractivity contribution >= 4 is 17.9 Å². The summed E-state index contributed by atoms with van der Waals surface area (Å²) in [4.78, 5) is 37.1. The van der Waals surface area contributed by atoms with Crippen molar-refractivity contribution in [2.24, 2.45) is 0 Å². The van der Waals surface area contributed by atoms with E-state index in [1.807, 2.05) is 21.1 Å². The lowest BCUT2D eigenvalue weighted by Gasteiger charge is -2.31. The lowest BCUT2D eigenvalue weighted by molar-refractivity contribution is -0.887. The van der Waals surface area contributed by atoms with Crippen molar-refractivity contribution in [1.82, 2.24) is 0 Å². The van der Waals surface area contributed by atoms with Crippen LogP contribution in [-0.4, -0.2) is 80.6 Å². The number of carboxylic acids is 1. The average molecular weight is 857 g/mol. The summed E-state index contributed by atoms with van der Waals surface area (Å²) >= 11 is 0. The maximum absolute atomic E-state index is 12.8. The number of allylic oxidation sites excluding steroid dienone is 10. The number of carbonyl (C=O) groups is 3. The highest BCUT2D eigenvalue weighted by atomic mass is 16.6. The largest absolute Gasteiger partial charge is 0.477 e. The third-order valence-electron chi connectivity index (χ3n) is 10.9. The first-order valence-electron chi connectivity index (χ1n) is 24.8. The predicted octanol–water partition coefficient (Wildman–Crippen LogP) is 14.1. The second-order valence-electron chi connectivity index (χ2n) is 17.7. The van der Waals surface area contributed by atoms with Gasteiger partial charge in [0.2, 0.25) is 0 Å². The van der Waals surface area contributed by atoms with E-state index >= 15 is 0 Å². The third-order valence-corrected chi connectivity index (χ3v) is 10.9. The summed E-state index contributed by atoms with van der Waals surface area (Å²) in [5.41, 5.74) is 0. The highest BCUT2D eigenvalue weighted by Gasteiger charge is 2.31. The maximum Gasteiger partial charge on any atom is 0.362 e. The number of unbranched alkanes of at least 4 members (excludes halogenated alkanes) is 20. The van der Waals surface area contributed by atoms with E-state index in [1.165, 1.54) is 103 Å². The lowest BCUT2D eigenvalue weighted by Crippen LogP contribution is -2.50. The molecule has 61 heavy (non-hydrogen) atoms.